The number of fused-ring (bicyclic) bond motifs is 1. The normalized spacial score (nSPS) is 33.0. The van der Waals surface area contributed by atoms with Crippen LogP contribution >= 0.6 is 0 Å². The second-order valence-corrected chi connectivity index (χ2v) is 7.65. The first-order chi connectivity index (χ1) is 11.2. The van der Waals surface area contributed by atoms with Crippen LogP contribution in [0.1, 0.15) is 43.2 Å². The van der Waals surface area contributed by atoms with Crippen LogP contribution in [0.2, 0.25) is 0 Å². The van der Waals surface area contributed by atoms with Crippen LogP contribution in [0.25, 0.3) is 0 Å². The molecule has 126 valence electrons. The third kappa shape index (κ3) is 2.25. The van der Waals surface area contributed by atoms with Gasteiger partial charge in [-0.2, -0.15) is 0 Å². The molecule has 23 heavy (non-hydrogen) atoms. The van der Waals surface area contributed by atoms with Crippen molar-refractivity contribution >= 4 is 5.69 Å². The molecule has 3 aliphatic rings. The fourth-order valence-electron chi connectivity index (χ4n) is 5.57. The maximum atomic E-state index is 12.5. The van der Waals surface area contributed by atoms with Crippen molar-refractivity contribution in [2.45, 2.75) is 50.0 Å². The minimum atomic E-state index is -0.423. The summed E-state index contributed by atoms with van der Waals surface area (Å²) in [6.07, 6.45) is 7.48. The molecule has 0 spiro atoms. The Labute approximate surface area is 137 Å². The maximum absolute atomic E-state index is 12.5. The third-order valence-corrected chi connectivity index (χ3v) is 6.64. The number of phenolic OH excluding ortho intramolecular Hbond substituents is 1. The molecule has 1 saturated heterocycles. The Balaban J connectivity index is 1.79. The first kappa shape index (κ1) is 15.3. The Kier molecular flexibility index (Phi) is 3.75. The van der Waals surface area contributed by atoms with Crippen LogP contribution in [0.3, 0.4) is 0 Å². The number of benzene rings is 1. The Hall–Kier alpha value is -1.29. The highest BCUT2D eigenvalue weighted by atomic mass is 19.1. The number of alkyl halides is 1. The number of anilines is 1. The zero-order valence-electron chi connectivity index (χ0n) is 13.9. The van der Waals surface area contributed by atoms with Gasteiger partial charge in [0.2, 0.25) is 0 Å². The van der Waals surface area contributed by atoms with Gasteiger partial charge < -0.3 is 15.3 Å². The van der Waals surface area contributed by atoms with Crippen molar-refractivity contribution < 1.29 is 9.50 Å². The maximum Gasteiger partial charge on any atom is 0.138 e. The number of likely N-dealkylation sites (N-methyl/N-ethyl adjacent to an activating group) is 1. The average molecular weight is 318 g/mol. The van der Waals surface area contributed by atoms with Crippen molar-refractivity contribution in [2.75, 3.05) is 32.1 Å². The molecular formula is C19H27FN2O. The largest absolute Gasteiger partial charge is 0.506 e. The molecule has 3 atom stereocenters. The first-order valence-electron chi connectivity index (χ1n) is 9.02. The molecule has 1 heterocycles. The summed E-state index contributed by atoms with van der Waals surface area (Å²) in [6.45, 7) is 0.987. The van der Waals surface area contributed by atoms with Crippen molar-refractivity contribution in [3.8, 4) is 5.75 Å². The molecule has 0 aromatic heterocycles. The number of likely N-dealkylation sites (tertiary alicyclic amines) is 1. The zero-order chi connectivity index (χ0) is 16.0. The molecular weight excluding hydrogens is 291 g/mol. The summed E-state index contributed by atoms with van der Waals surface area (Å²) in [5, 5.41) is 13.5. The fourth-order valence-corrected chi connectivity index (χ4v) is 5.57. The number of phenols is 1. The van der Waals surface area contributed by atoms with Crippen molar-refractivity contribution in [2.24, 2.45) is 5.92 Å². The molecule has 4 heteroatoms. The van der Waals surface area contributed by atoms with E-state index < -0.39 is 6.67 Å². The molecule has 1 aromatic carbocycles. The minimum Gasteiger partial charge on any atom is -0.506 e. The number of aromatic hydroxyl groups is 1. The Morgan fingerprint density at radius 2 is 2.22 bits per heavy atom. The van der Waals surface area contributed by atoms with Gasteiger partial charge in [0.25, 0.3) is 0 Å². The molecule has 4 rings (SSSR count). The summed E-state index contributed by atoms with van der Waals surface area (Å²) in [5.41, 5.74) is 3.69. The van der Waals surface area contributed by atoms with E-state index in [0.29, 0.717) is 11.7 Å². The van der Waals surface area contributed by atoms with Gasteiger partial charge in [0.1, 0.15) is 12.4 Å². The Morgan fingerprint density at radius 3 is 3.04 bits per heavy atom. The standard InChI is InChI=1S/C19H27FN2O/c1-22-9-6-19-5-3-2-4-14(19)17(22)11-13-10-16(21-8-7-20)18(23)12-15(13)19/h10,12,14,17,21,23H,2-9,11H2,1H3/t14-,17+,19+/m1/s1. The lowest BCUT2D eigenvalue weighted by Crippen LogP contribution is -2.59. The van der Waals surface area contributed by atoms with E-state index >= 15 is 0 Å². The molecule has 2 fully saturated rings. The monoisotopic (exact) mass is 318 g/mol. The molecule has 2 bridgehead atoms. The van der Waals surface area contributed by atoms with Crippen molar-refractivity contribution in [1.82, 2.24) is 4.90 Å². The van der Waals surface area contributed by atoms with Crippen LogP contribution in [0.15, 0.2) is 12.1 Å². The molecule has 1 aromatic rings. The smallest absolute Gasteiger partial charge is 0.138 e. The Morgan fingerprint density at radius 1 is 1.35 bits per heavy atom. The second-order valence-electron chi connectivity index (χ2n) is 7.65. The van der Waals surface area contributed by atoms with Gasteiger partial charge in [-0.15, -0.1) is 0 Å². The summed E-state index contributed by atoms with van der Waals surface area (Å²) in [7, 11) is 2.26. The van der Waals surface area contributed by atoms with Gasteiger partial charge >= 0.3 is 0 Å². The van der Waals surface area contributed by atoms with Gasteiger partial charge in [-0.3, -0.25) is 0 Å². The topological polar surface area (TPSA) is 35.5 Å². The molecule has 1 aliphatic heterocycles. The third-order valence-electron chi connectivity index (χ3n) is 6.64. The minimum absolute atomic E-state index is 0.253. The van der Waals surface area contributed by atoms with Gasteiger partial charge in [-0.25, -0.2) is 4.39 Å². The summed E-state index contributed by atoms with van der Waals surface area (Å²) in [6, 6.07) is 4.70. The predicted octanol–water partition coefficient (Wildman–Crippen LogP) is 3.46. The number of hydrogen-bond donors (Lipinski definition) is 2. The lowest BCUT2D eigenvalue weighted by atomic mass is 9.52. The quantitative estimate of drug-likeness (QED) is 0.838. The molecule has 2 aliphatic carbocycles. The van der Waals surface area contributed by atoms with E-state index in [0.717, 1.165) is 18.9 Å². The lowest BCUT2D eigenvalue weighted by Gasteiger charge is -2.58. The van der Waals surface area contributed by atoms with E-state index in [1.54, 1.807) is 0 Å². The van der Waals surface area contributed by atoms with Gasteiger partial charge in [-0.1, -0.05) is 12.8 Å². The van der Waals surface area contributed by atoms with Crippen LogP contribution in [0.5, 0.6) is 5.75 Å². The summed E-state index contributed by atoms with van der Waals surface area (Å²) in [5.74, 6) is 1.01. The number of halogens is 1. The number of rotatable bonds is 3. The highest BCUT2D eigenvalue weighted by Crippen LogP contribution is 2.56. The van der Waals surface area contributed by atoms with Crippen LogP contribution in [0.4, 0.5) is 10.1 Å². The zero-order valence-corrected chi connectivity index (χ0v) is 13.9. The van der Waals surface area contributed by atoms with Gasteiger partial charge in [0.15, 0.2) is 0 Å². The summed E-state index contributed by atoms with van der Waals surface area (Å²) >= 11 is 0. The number of nitrogens with one attached hydrogen (secondary N) is 1. The summed E-state index contributed by atoms with van der Waals surface area (Å²) in [4.78, 5) is 2.54. The first-order valence-corrected chi connectivity index (χ1v) is 9.02. The van der Waals surface area contributed by atoms with E-state index in [9.17, 15) is 9.50 Å². The van der Waals surface area contributed by atoms with E-state index in [1.807, 2.05) is 6.07 Å². The van der Waals surface area contributed by atoms with Gasteiger partial charge in [0, 0.05) is 18.0 Å². The van der Waals surface area contributed by atoms with Crippen LogP contribution < -0.4 is 5.32 Å². The van der Waals surface area contributed by atoms with E-state index in [2.05, 4.69) is 23.3 Å². The second kappa shape index (κ2) is 5.66. The van der Waals surface area contributed by atoms with Crippen molar-refractivity contribution in [1.29, 1.82) is 0 Å². The van der Waals surface area contributed by atoms with Crippen molar-refractivity contribution in [3.63, 3.8) is 0 Å². The van der Waals surface area contributed by atoms with E-state index in [-0.39, 0.29) is 17.7 Å². The molecule has 1 saturated carbocycles. The summed E-state index contributed by atoms with van der Waals surface area (Å²) < 4.78 is 12.5. The number of hydrogen-bond acceptors (Lipinski definition) is 3. The Bertz CT molecular complexity index is 605. The van der Waals surface area contributed by atoms with E-state index in [4.69, 9.17) is 0 Å². The molecule has 0 amide bonds. The molecule has 0 radical (unpaired) electrons. The van der Waals surface area contributed by atoms with Gasteiger partial charge in [0.05, 0.1) is 5.69 Å². The molecule has 2 N–H and O–H groups in total. The number of piperidine rings is 1. The highest BCUT2D eigenvalue weighted by molar-refractivity contribution is 5.62. The lowest BCUT2D eigenvalue weighted by molar-refractivity contribution is 0.00277. The molecule has 0 unspecified atom stereocenters. The van der Waals surface area contributed by atoms with Crippen LogP contribution in [0, 0.1) is 5.92 Å². The average Bonchev–Trinajstić information content (AvgIpc) is 2.57. The van der Waals surface area contributed by atoms with Crippen LogP contribution in [-0.2, 0) is 11.8 Å². The molecule has 3 nitrogen and oxygen atoms in total. The van der Waals surface area contributed by atoms with Gasteiger partial charge in [-0.05, 0) is 68.5 Å². The highest BCUT2D eigenvalue weighted by Gasteiger charge is 2.53. The number of nitrogens with zero attached hydrogens (tertiary/aromatic N) is 1. The fraction of sp³-hybridized carbons (Fsp3) is 0.684. The van der Waals surface area contributed by atoms with E-state index in [1.165, 1.54) is 43.2 Å². The van der Waals surface area contributed by atoms with Crippen LogP contribution in [-0.4, -0.2) is 42.9 Å². The van der Waals surface area contributed by atoms with Crippen molar-refractivity contribution in [3.05, 3.63) is 23.3 Å². The SMILES string of the molecule is CN1CC[C@@]23CCCC[C@@H]2[C@@H]1Cc1cc(NCCF)c(O)cc13. The predicted molar refractivity (Wildman–Crippen MR) is 90.9 cm³/mol.